The van der Waals surface area contributed by atoms with Gasteiger partial charge >= 0.3 is 0 Å². The molecule has 0 fully saturated rings. The number of nitrogens with one attached hydrogen (secondary N) is 1. The highest BCUT2D eigenvalue weighted by Crippen LogP contribution is 2.36. The van der Waals surface area contributed by atoms with Crippen LogP contribution in [0.3, 0.4) is 0 Å². The van der Waals surface area contributed by atoms with Crippen LogP contribution in [0.2, 0.25) is 0 Å². The van der Waals surface area contributed by atoms with Crippen LogP contribution in [0.5, 0.6) is 5.75 Å². The molecule has 2 aromatic carbocycles. The standard InChI is InChI=1S/C18H20N2O4S/c1-12-8-9-16-15(10-12)20(25(3,22)23)11-17(24-16)18(21)19-14-7-5-4-6-13(14)2/h4-10,17H,11H2,1-3H3,(H,19,21)/t17-/m0/s1. The number of anilines is 2. The SMILES string of the molecule is Cc1ccc2c(c1)N(S(C)(=O)=O)C[C@@H](C(=O)Nc1ccccc1C)O2. The zero-order valence-corrected chi connectivity index (χ0v) is 15.1. The first-order valence-electron chi connectivity index (χ1n) is 7.87. The summed E-state index contributed by atoms with van der Waals surface area (Å²) in [6, 6.07) is 12.6. The number of amides is 1. The minimum absolute atomic E-state index is 0.0625. The Bertz CT molecular complexity index is 924. The van der Waals surface area contributed by atoms with E-state index in [0.29, 0.717) is 17.1 Å². The molecule has 1 amide bonds. The van der Waals surface area contributed by atoms with E-state index in [0.717, 1.165) is 17.4 Å². The summed E-state index contributed by atoms with van der Waals surface area (Å²) in [5.74, 6) is 0.00128. The Hall–Kier alpha value is -2.54. The molecule has 132 valence electrons. The van der Waals surface area contributed by atoms with Crippen LogP contribution in [0.15, 0.2) is 42.5 Å². The molecule has 0 aromatic heterocycles. The van der Waals surface area contributed by atoms with E-state index in [1.54, 1.807) is 18.2 Å². The van der Waals surface area contributed by atoms with E-state index in [1.807, 2.05) is 38.1 Å². The monoisotopic (exact) mass is 360 g/mol. The van der Waals surface area contributed by atoms with Crippen molar-refractivity contribution in [3.63, 3.8) is 0 Å². The number of hydrogen-bond donors (Lipinski definition) is 1. The number of hydrogen-bond acceptors (Lipinski definition) is 4. The highest BCUT2D eigenvalue weighted by Gasteiger charge is 2.35. The number of sulfonamides is 1. The van der Waals surface area contributed by atoms with Gasteiger partial charge in [-0.25, -0.2) is 8.42 Å². The van der Waals surface area contributed by atoms with Gasteiger partial charge in [0.1, 0.15) is 5.75 Å². The van der Waals surface area contributed by atoms with Crippen molar-refractivity contribution in [1.29, 1.82) is 0 Å². The van der Waals surface area contributed by atoms with Crippen molar-refractivity contribution in [2.75, 3.05) is 22.4 Å². The quantitative estimate of drug-likeness (QED) is 0.912. The number of nitrogens with zero attached hydrogens (tertiary/aromatic N) is 1. The Morgan fingerprint density at radius 3 is 2.60 bits per heavy atom. The van der Waals surface area contributed by atoms with E-state index in [2.05, 4.69) is 5.32 Å². The minimum Gasteiger partial charge on any atom is -0.476 e. The first-order chi connectivity index (χ1) is 11.8. The molecule has 0 bridgehead atoms. The molecule has 1 aliphatic heterocycles. The van der Waals surface area contributed by atoms with E-state index >= 15 is 0 Å². The molecule has 2 aromatic rings. The summed E-state index contributed by atoms with van der Waals surface area (Å²) in [6.07, 6.45) is 0.199. The summed E-state index contributed by atoms with van der Waals surface area (Å²) < 4.78 is 31.4. The van der Waals surface area contributed by atoms with Crippen LogP contribution in [0.4, 0.5) is 11.4 Å². The van der Waals surface area contributed by atoms with Gasteiger partial charge in [-0.1, -0.05) is 24.3 Å². The van der Waals surface area contributed by atoms with Crippen LogP contribution >= 0.6 is 0 Å². The van der Waals surface area contributed by atoms with Gasteiger partial charge in [0.15, 0.2) is 6.10 Å². The number of fused-ring (bicyclic) bond motifs is 1. The molecule has 0 unspecified atom stereocenters. The van der Waals surface area contributed by atoms with Crippen LogP contribution in [0.25, 0.3) is 0 Å². The summed E-state index contributed by atoms with van der Waals surface area (Å²) in [6.45, 7) is 3.70. The van der Waals surface area contributed by atoms with Gasteiger partial charge in [-0.3, -0.25) is 9.10 Å². The third-order valence-corrected chi connectivity index (χ3v) is 5.23. The average molecular weight is 360 g/mol. The highest BCUT2D eigenvalue weighted by atomic mass is 32.2. The fourth-order valence-corrected chi connectivity index (χ4v) is 3.64. The average Bonchev–Trinajstić information content (AvgIpc) is 2.55. The Balaban J connectivity index is 1.90. The summed E-state index contributed by atoms with van der Waals surface area (Å²) in [5, 5.41) is 2.81. The van der Waals surface area contributed by atoms with Crippen molar-refractivity contribution < 1.29 is 17.9 Å². The summed E-state index contributed by atoms with van der Waals surface area (Å²) in [7, 11) is -3.53. The van der Waals surface area contributed by atoms with E-state index in [1.165, 1.54) is 4.31 Å². The molecule has 1 aliphatic rings. The third-order valence-electron chi connectivity index (χ3n) is 4.08. The zero-order chi connectivity index (χ0) is 18.2. The molecule has 0 aliphatic carbocycles. The summed E-state index contributed by atoms with van der Waals surface area (Å²) >= 11 is 0. The molecule has 3 rings (SSSR count). The maximum absolute atomic E-state index is 12.6. The van der Waals surface area contributed by atoms with Gasteiger partial charge in [0.25, 0.3) is 5.91 Å². The number of carbonyl (C=O) groups excluding carboxylic acids is 1. The molecular weight excluding hydrogens is 340 g/mol. The molecule has 25 heavy (non-hydrogen) atoms. The lowest BCUT2D eigenvalue weighted by atomic mass is 10.1. The first kappa shape index (κ1) is 17.3. The van der Waals surface area contributed by atoms with Crippen LogP contribution in [-0.4, -0.2) is 33.2 Å². The minimum atomic E-state index is -3.53. The summed E-state index contributed by atoms with van der Waals surface area (Å²) in [5.41, 5.74) is 2.97. The maximum Gasteiger partial charge on any atom is 0.267 e. The molecule has 6 nitrogen and oxygen atoms in total. The topological polar surface area (TPSA) is 75.7 Å². The van der Waals surface area contributed by atoms with Gasteiger partial charge in [0.2, 0.25) is 10.0 Å². The molecule has 1 atom stereocenters. The van der Waals surface area contributed by atoms with Crippen molar-refractivity contribution in [2.24, 2.45) is 0 Å². The van der Waals surface area contributed by atoms with Gasteiger partial charge in [-0.2, -0.15) is 0 Å². The zero-order valence-electron chi connectivity index (χ0n) is 14.3. The predicted molar refractivity (Wildman–Crippen MR) is 97.6 cm³/mol. The smallest absolute Gasteiger partial charge is 0.267 e. The Morgan fingerprint density at radius 1 is 1.20 bits per heavy atom. The number of aryl methyl sites for hydroxylation is 2. The van der Waals surface area contributed by atoms with Crippen molar-refractivity contribution in [3.8, 4) is 5.75 Å². The Morgan fingerprint density at radius 2 is 1.92 bits per heavy atom. The lowest BCUT2D eigenvalue weighted by Crippen LogP contribution is -2.48. The molecule has 0 saturated heterocycles. The highest BCUT2D eigenvalue weighted by molar-refractivity contribution is 7.92. The lowest BCUT2D eigenvalue weighted by molar-refractivity contribution is -0.122. The number of carbonyl (C=O) groups is 1. The maximum atomic E-state index is 12.6. The van der Waals surface area contributed by atoms with Crippen molar-refractivity contribution in [1.82, 2.24) is 0 Å². The normalized spacial score (nSPS) is 16.8. The first-order valence-corrected chi connectivity index (χ1v) is 9.72. The number of para-hydroxylation sites is 1. The second-order valence-electron chi connectivity index (χ2n) is 6.18. The predicted octanol–water partition coefficient (Wildman–Crippen LogP) is 2.47. The van der Waals surface area contributed by atoms with Crippen LogP contribution < -0.4 is 14.4 Å². The molecule has 1 N–H and O–H groups in total. The third kappa shape index (κ3) is 3.61. The number of rotatable bonds is 3. The number of benzene rings is 2. The van der Waals surface area contributed by atoms with Crippen LogP contribution in [-0.2, 0) is 14.8 Å². The molecule has 0 spiro atoms. The van der Waals surface area contributed by atoms with Crippen molar-refractivity contribution in [2.45, 2.75) is 20.0 Å². The summed E-state index contributed by atoms with van der Waals surface area (Å²) in [4.78, 5) is 12.6. The van der Waals surface area contributed by atoms with Crippen molar-refractivity contribution >= 4 is 27.3 Å². The van der Waals surface area contributed by atoms with Gasteiger partial charge in [-0.15, -0.1) is 0 Å². The molecular formula is C18H20N2O4S. The van der Waals surface area contributed by atoms with Gasteiger partial charge in [0.05, 0.1) is 18.5 Å². The molecule has 0 radical (unpaired) electrons. The van der Waals surface area contributed by atoms with E-state index in [4.69, 9.17) is 4.74 Å². The second-order valence-corrected chi connectivity index (χ2v) is 8.08. The number of ether oxygens (including phenoxy) is 1. The van der Waals surface area contributed by atoms with E-state index < -0.39 is 16.1 Å². The van der Waals surface area contributed by atoms with E-state index in [9.17, 15) is 13.2 Å². The van der Waals surface area contributed by atoms with Crippen LogP contribution in [0, 0.1) is 13.8 Å². The molecule has 7 heteroatoms. The van der Waals surface area contributed by atoms with Crippen LogP contribution in [0.1, 0.15) is 11.1 Å². The second kappa shape index (κ2) is 6.40. The van der Waals surface area contributed by atoms with Gasteiger partial charge in [-0.05, 0) is 43.2 Å². The van der Waals surface area contributed by atoms with Crippen molar-refractivity contribution in [3.05, 3.63) is 53.6 Å². The molecule has 1 heterocycles. The van der Waals surface area contributed by atoms with E-state index in [-0.39, 0.29) is 12.5 Å². The lowest BCUT2D eigenvalue weighted by Gasteiger charge is -2.34. The Kier molecular flexibility index (Phi) is 4.43. The molecule has 0 saturated carbocycles. The fourth-order valence-electron chi connectivity index (χ4n) is 2.74. The van der Waals surface area contributed by atoms with Gasteiger partial charge in [0, 0.05) is 5.69 Å². The Labute approximate surface area is 147 Å². The van der Waals surface area contributed by atoms with Gasteiger partial charge < -0.3 is 10.1 Å². The largest absolute Gasteiger partial charge is 0.476 e. The fraction of sp³-hybridized carbons (Fsp3) is 0.278.